The fraction of sp³-hybridized carbons (Fsp3) is 0.176. The van der Waals surface area contributed by atoms with E-state index in [1.165, 1.54) is 12.3 Å². The molecular weight excluding hydrogens is 325 g/mol. The van der Waals surface area contributed by atoms with Crippen LogP contribution >= 0.6 is 0 Å². The lowest BCUT2D eigenvalue weighted by atomic mass is 10.2. The Morgan fingerprint density at radius 3 is 2.76 bits per heavy atom. The van der Waals surface area contributed by atoms with Gasteiger partial charge < -0.3 is 15.2 Å². The van der Waals surface area contributed by atoms with Crippen molar-refractivity contribution in [2.75, 3.05) is 5.32 Å². The smallest absolute Gasteiger partial charge is 0.255 e. The van der Waals surface area contributed by atoms with Crippen LogP contribution < -0.4 is 10.6 Å². The van der Waals surface area contributed by atoms with Crippen LogP contribution in [-0.2, 0) is 0 Å². The molecule has 3 aromatic rings. The molecule has 1 unspecified atom stereocenters. The number of aromatic nitrogens is 3. The summed E-state index contributed by atoms with van der Waals surface area (Å²) < 4.78 is 18.9. The van der Waals surface area contributed by atoms with E-state index in [1.807, 2.05) is 0 Å². The molecule has 1 aromatic carbocycles. The summed E-state index contributed by atoms with van der Waals surface area (Å²) in [4.78, 5) is 20.8. The van der Waals surface area contributed by atoms with E-state index < -0.39 is 17.8 Å². The van der Waals surface area contributed by atoms with Gasteiger partial charge in [0.05, 0.1) is 11.3 Å². The second-order valence-electron chi connectivity index (χ2n) is 5.38. The molecule has 0 bridgehead atoms. The Balaban J connectivity index is 1.80. The van der Waals surface area contributed by atoms with Crippen molar-refractivity contribution in [2.24, 2.45) is 0 Å². The molecule has 0 aliphatic heterocycles. The Morgan fingerprint density at radius 2 is 2.04 bits per heavy atom. The number of anilines is 2. The third kappa shape index (κ3) is 3.79. The average molecular weight is 341 g/mol. The number of carbonyl (C=O) groups is 1. The van der Waals surface area contributed by atoms with Crippen LogP contribution in [0.25, 0.3) is 0 Å². The van der Waals surface area contributed by atoms with Gasteiger partial charge >= 0.3 is 0 Å². The van der Waals surface area contributed by atoms with Crippen molar-refractivity contribution in [2.45, 2.75) is 19.9 Å². The highest BCUT2D eigenvalue weighted by Gasteiger charge is 2.19. The summed E-state index contributed by atoms with van der Waals surface area (Å²) in [5.41, 5.74) is 0.504. The topological polar surface area (TPSA) is 92.9 Å². The molecule has 2 N–H and O–H groups in total. The van der Waals surface area contributed by atoms with Crippen LogP contribution in [-0.4, -0.2) is 21.0 Å². The zero-order valence-electron chi connectivity index (χ0n) is 13.7. The van der Waals surface area contributed by atoms with Crippen molar-refractivity contribution in [3.8, 4) is 0 Å². The van der Waals surface area contributed by atoms with Gasteiger partial charge in [-0.2, -0.15) is 4.98 Å². The van der Waals surface area contributed by atoms with Crippen molar-refractivity contribution in [1.29, 1.82) is 0 Å². The molecule has 3 rings (SSSR count). The number of hydrogen-bond acceptors (Lipinski definition) is 6. The van der Waals surface area contributed by atoms with E-state index in [1.54, 1.807) is 44.2 Å². The molecular formula is C17H16FN5O2. The van der Waals surface area contributed by atoms with E-state index in [9.17, 15) is 9.18 Å². The summed E-state index contributed by atoms with van der Waals surface area (Å²) in [5.74, 6) is 0.209. The minimum atomic E-state index is -0.477. The Bertz CT molecular complexity index is 896. The molecule has 0 saturated heterocycles. The summed E-state index contributed by atoms with van der Waals surface area (Å²) in [6.45, 7) is 3.42. The lowest BCUT2D eigenvalue weighted by Gasteiger charge is -2.13. The Hall–Kier alpha value is -3.29. The highest BCUT2D eigenvalue weighted by atomic mass is 19.1. The van der Waals surface area contributed by atoms with Crippen LogP contribution in [0.1, 0.15) is 35.0 Å². The molecule has 2 aromatic heterocycles. The minimum Gasteiger partial charge on any atom is -0.340 e. The van der Waals surface area contributed by atoms with Gasteiger partial charge in [-0.25, -0.2) is 9.37 Å². The van der Waals surface area contributed by atoms with E-state index in [0.717, 1.165) is 0 Å². The maximum atomic E-state index is 13.8. The molecule has 0 aliphatic rings. The lowest BCUT2D eigenvalue weighted by Crippen LogP contribution is -2.27. The fourth-order valence-electron chi connectivity index (χ4n) is 2.20. The van der Waals surface area contributed by atoms with E-state index in [2.05, 4.69) is 25.8 Å². The van der Waals surface area contributed by atoms with Gasteiger partial charge in [0.25, 0.3) is 5.91 Å². The number of benzene rings is 1. The van der Waals surface area contributed by atoms with Gasteiger partial charge in [-0.15, -0.1) is 0 Å². The number of para-hydroxylation sites is 1. The van der Waals surface area contributed by atoms with Gasteiger partial charge in [0, 0.05) is 6.20 Å². The lowest BCUT2D eigenvalue weighted by molar-refractivity contribution is 0.0933. The predicted molar refractivity (Wildman–Crippen MR) is 88.8 cm³/mol. The molecule has 0 fully saturated rings. The first-order chi connectivity index (χ1) is 12.0. The molecule has 1 amide bonds. The van der Waals surface area contributed by atoms with Crippen LogP contribution in [0.4, 0.5) is 15.9 Å². The summed E-state index contributed by atoms with van der Waals surface area (Å²) in [6.07, 6.45) is 1.52. The molecule has 2 heterocycles. The van der Waals surface area contributed by atoms with Crippen molar-refractivity contribution in [3.05, 3.63) is 65.7 Å². The van der Waals surface area contributed by atoms with Crippen LogP contribution in [0.5, 0.6) is 0 Å². The van der Waals surface area contributed by atoms with E-state index in [4.69, 9.17) is 4.52 Å². The number of pyridine rings is 1. The minimum absolute atomic E-state index is 0.232. The number of halogens is 1. The second kappa shape index (κ2) is 7.08. The van der Waals surface area contributed by atoms with Gasteiger partial charge in [-0.1, -0.05) is 17.3 Å². The third-order valence-electron chi connectivity index (χ3n) is 3.44. The molecule has 7 nitrogen and oxygen atoms in total. The van der Waals surface area contributed by atoms with Crippen LogP contribution in [0, 0.1) is 12.7 Å². The van der Waals surface area contributed by atoms with Crippen LogP contribution in [0.2, 0.25) is 0 Å². The Kier molecular flexibility index (Phi) is 4.69. The number of rotatable bonds is 5. The third-order valence-corrected chi connectivity index (χ3v) is 3.44. The zero-order chi connectivity index (χ0) is 17.8. The fourth-order valence-corrected chi connectivity index (χ4v) is 2.20. The molecule has 8 heteroatoms. The van der Waals surface area contributed by atoms with Crippen LogP contribution in [0.3, 0.4) is 0 Å². The Labute approximate surface area is 143 Å². The zero-order valence-corrected chi connectivity index (χ0v) is 13.7. The number of aryl methyl sites for hydroxylation is 1. The van der Waals surface area contributed by atoms with Gasteiger partial charge in [0.1, 0.15) is 17.7 Å². The second-order valence-corrected chi connectivity index (χ2v) is 5.38. The average Bonchev–Trinajstić information content (AvgIpc) is 3.04. The monoisotopic (exact) mass is 341 g/mol. The number of hydrogen-bond donors (Lipinski definition) is 2. The highest BCUT2D eigenvalue weighted by molar-refractivity contribution is 5.99. The van der Waals surface area contributed by atoms with E-state index in [-0.39, 0.29) is 17.1 Å². The number of amides is 1. The first kappa shape index (κ1) is 16.6. The summed E-state index contributed by atoms with van der Waals surface area (Å²) in [6, 6.07) is 8.91. The van der Waals surface area contributed by atoms with Crippen LogP contribution in [0.15, 0.2) is 47.1 Å². The molecule has 0 spiro atoms. The molecule has 0 radical (unpaired) electrons. The van der Waals surface area contributed by atoms with E-state index in [0.29, 0.717) is 11.7 Å². The standard InChI is InChI=1S/C17H16FN5O2/c1-10(17-21-11(2)23-25-17)20-16(24)12-6-5-9-19-15(12)22-14-8-4-3-7-13(14)18/h3-10H,1-2H3,(H,19,22)(H,20,24). The summed E-state index contributed by atoms with van der Waals surface area (Å²) in [5, 5.41) is 9.30. The summed E-state index contributed by atoms with van der Waals surface area (Å²) >= 11 is 0. The largest absolute Gasteiger partial charge is 0.340 e. The summed E-state index contributed by atoms with van der Waals surface area (Å²) in [7, 11) is 0. The van der Waals surface area contributed by atoms with Crippen molar-refractivity contribution in [3.63, 3.8) is 0 Å². The SMILES string of the molecule is Cc1noc(C(C)NC(=O)c2cccnc2Nc2ccccc2F)n1. The quantitative estimate of drug-likeness (QED) is 0.740. The molecule has 0 aliphatic carbocycles. The van der Waals surface area contributed by atoms with Gasteiger partial charge in [-0.05, 0) is 38.1 Å². The van der Waals surface area contributed by atoms with Gasteiger partial charge in [0.15, 0.2) is 5.82 Å². The number of carbonyl (C=O) groups excluding carboxylic acids is 1. The Morgan fingerprint density at radius 1 is 1.24 bits per heavy atom. The van der Waals surface area contributed by atoms with Crippen molar-refractivity contribution >= 4 is 17.4 Å². The molecule has 0 saturated carbocycles. The number of nitrogens with zero attached hydrogens (tertiary/aromatic N) is 3. The molecule has 25 heavy (non-hydrogen) atoms. The predicted octanol–water partition coefficient (Wildman–Crippen LogP) is 3.15. The number of nitrogens with one attached hydrogen (secondary N) is 2. The molecule has 128 valence electrons. The van der Waals surface area contributed by atoms with Gasteiger partial charge in [-0.3, -0.25) is 4.79 Å². The van der Waals surface area contributed by atoms with Gasteiger partial charge in [0.2, 0.25) is 5.89 Å². The first-order valence-corrected chi connectivity index (χ1v) is 7.62. The maximum absolute atomic E-state index is 13.8. The highest BCUT2D eigenvalue weighted by Crippen LogP contribution is 2.21. The van der Waals surface area contributed by atoms with Crippen molar-refractivity contribution in [1.82, 2.24) is 20.4 Å². The van der Waals surface area contributed by atoms with E-state index >= 15 is 0 Å². The normalized spacial score (nSPS) is 11.8. The molecule has 1 atom stereocenters. The first-order valence-electron chi connectivity index (χ1n) is 7.62. The van der Waals surface area contributed by atoms with Crippen molar-refractivity contribution < 1.29 is 13.7 Å². The maximum Gasteiger partial charge on any atom is 0.255 e.